The Balaban J connectivity index is 2.88. The van der Waals surface area contributed by atoms with Crippen LogP contribution in [0.2, 0.25) is 0 Å². The van der Waals surface area contributed by atoms with Crippen LogP contribution in [0.25, 0.3) is 0 Å². The van der Waals surface area contributed by atoms with Crippen molar-refractivity contribution in [2.24, 2.45) is 0 Å². The zero-order chi connectivity index (χ0) is 13.4. The molecular weight excluding hydrogens is 229 g/mol. The summed E-state index contributed by atoms with van der Waals surface area (Å²) in [6.07, 6.45) is -4.15. The lowest BCUT2D eigenvalue weighted by molar-refractivity contribution is -0.211. The third kappa shape index (κ3) is 3.58. The maximum atomic E-state index is 13.1. The first-order valence-electron chi connectivity index (χ1n) is 6.11. The third-order valence-corrected chi connectivity index (χ3v) is 3.38. The van der Waals surface area contributed by atoms with Crippen LogP contribution in [0.15, 0.2) is 0 Å². The van der Waals surface area contributed by atoms with Crippen molar-refractivity contribution in [3.05, 3.63) is 0 Å². The van der Waals surface area contributed by atoms with E-state index in [9.17, 15) is 13.2 Å². The molecule has 1 atom stereocenters. The van der Waals surface area contributed by atoms with E-state index in [2.05, 4.69) is 0 Å². The number of alkyl halides is 3. The second-order valence-corrected chi connectivity index (χ2v) is 6.01. The molecule has 0 spiro atoms. The molecule has 5 heteroatoms. The Labute approximate surface area is 102 Å². The van der Waals surface area contributed by atoms with Crippen molar-refractivity contribution in [3.63, 3.8) is 0 Å². The standard InChI is InChI=1S/C12H23F3N2/c1-9(2)16-6-7-17(11(3,4)5)10(8-16)12(13,14)15/h9-10H,6-8H2,1-5H3. The Hall–Kier alpha value is -0.290. The summed E-state index contributed by atoms with van der Waals surface area (Å²) >= 11 is 0. The largest absolute Gasteiger partial charge is 0.405 e. The maximum absolute atomic E-state index is 13.1. The van der Waals surface area contributed by atoms with Gasteiger partial charge in [0.25, 0.3) is 0 Å². The van der Waals surface area contributed by atoms with Crippen molar-refractivity contribution in [1.29, 1.82) is 0 Å². The first-order valence-corrected chi connectivity index (χ1v) is 6.11. The molecule has 0 aromatic heterocycles. The normalized spacial score (nSPS) is 25.6. The molecule has 1 fully saturated rings. The lowest BCUT2D eigenvalue weighted by Gasteiger charge is -2.49. The topological polar surface area (TPSA) is 6.48 Å². The summed E-state index contributed by atoms with van der Waals surface area (Å²) in [5, 5.41) is 0. The number of hydrogen-bond donors (Lipinski definition) is 0. The molecular formula is C12H23F3N2. The summed E-state index contributed by atoms with van der Waals surface area (Å²) in [7, 11) is 0. The lowest BCUT2D eigenvalue weighted by atomic mass is 9.99. The van der Waals surface area contributed by atoms with E-state index in [-0.39, 0.29) is 12.6 Å². The molecule has 1 unspecified atom stereocenters. The minimum absolute atomic E-state index is 0.0818. The molecule has 0 aliphatic carbocycles. The van der Waals surface area contributed by atoms with Gasteiger partial charge in [0, 0.05) is 31.2 Å². The number of hydrogen-bond acceptors (Lipinski definition) is 2. The van der Waals surface area contributed by atoms with Gasteiger partial charge in [0.1, 0.15) is 6.04 Å². The van der Waals surface area contributed by atoms with Crippen molar-refractivity contribution >= 4 is 0 Å². The molecule has 1 rings (SSSR count). The van der Waals surface area contributed by atoms with Crippen molar-refractivity contribution in [1.82, 2.24) is 9.80 Å². The Morgan fingerprint density at radius 3 is 1.94 bits per heavy atom. The highest BCUT2D eigenvalue weighted by Gasteiger charge is 2.49. The van der Waals surface area contributed by atoms with E-state index in [0.29, 0.717) is 13.1 Å². The highest BCUT2D eigenvalue weighted by molar-refractivity contribution is 4.93. The molecule has 0 radical (unpaired) electrons. The van der Waals surface area contributed by atoms with Crippen LogP contribution < -0.4 is 0 Å². The average Bonchev–Trinajstić information content (AvgIpc) is 2.14. The van der Waals surface area contributed by atoms with Crippen molar-refractivity contribution in [2.75, 3.05) is 19.6 Å². The van der Waals surface area contributed by atoms with E-state index in [0.717, 1.165) is 0 Å². The minimum atomic E-state index is -4.15. The zero-order valence-corrected chi connectivity index (χ0v) is 11.3. The van der Waals surface area contributed by atoms with Crippen molar-refractivity contribution in [3.8, 4) is 0 Å². The fraction of sp³-hybridized carbons (Fsp3) is 1.00. The number of piperazine rings is 1. The Bertz CT molecular complexity index is 255. The quantitative estimate of drug-likeness (QED) is 0.708. The first kappa shape index (κ1) is 14.8. The van der Waals surface area contributed by atoms with Crippen LogP contribution in [0, 0.1) is 0 Å². The number of nitrogens with zero attached hydrogens (tertiary/aromatic N) is 2. The summed E-state index contributed by atoms with van der Waals surface area (Å²) in [4.78, 5) is 3.48. The smallest absolute Gasteiger partial charge is 0.298 e. The van der Waals surface area contributed by atoms with Gasteiger partial charge in [-0.1, -0.05) is 0 Å². The van der Waals surface area contributed by atoms with Crippen LogP contribution in [0.3, 0.4) is 0 Å². The molecule has 1 aliphatic heterocycles. The zero-order valence-electron chi connectivity index (χ0n) is 11.3. The molecule has 0 amide bonds. The number of halogens is 3. The predicted molar refractivity (Wildman–Crippen MR) is 63.0 cm³/mol. The van der Waals surface area contributed by atoms with Crippen molar-refractivity contribution < 1.29 is 13.2 Å². The van der Waals surface area contributed by atoms with Gasteiger partial charge in [0.15, 0.2) is 0 Å². The minimum Gasteiger partial charge on any atom is -0.298 e. The Morgan fingerprint density at radius 1 is 1.06 bits per heavy atom. The molecule has 1 heterocycles. The van der Waals surface area contributed by atoms with E-state index in [1.165, 1.54) is 0 Å². The van der Waals surface area contributed by atoms with Crippen molar-refractivity contribution in [2.45, 2.75) is 58.4 Å². The van der Waals surface area contributed by atoms with Gasteiger partial charge < -0.3 is 0 Å². The fourth-order valence-electron chi connectivity index (χ4n) is 2.36. The molecule has 2 nitrogen and oxygen atoms in total. The molecule has 0 aromatic carbocycles. The SMILES string of the molecule is CC(C)N1CCN(C(C)(C)C)C(C(F)(F)F)C1. The molecule has 1 saturated heterocycles. The highest BCUT2D eigenvalue weighted by atomic mass is 19.4. The summed E-state index contributed by atoms with van der Waals surface area (Å²) < 4.78 is 39.3. The third-order valence-electron chi connectivity index (χ3n) is 3.38. The second-order valence-electron chi connectivity index (χ2n) is 6.01. The molecule has 0 aromatic rings. The van der Waals surface area contributed by atoms with Crippen LogP contribution in [0.1, 0.15) is 34.6 Å². The maximum Gasteiger partial charge on any atom is 0.405 e. The van der Waals surface area contributed by atoms with Crippen LogP contribution in [0.4, 0.5) is 13.2 Å². The highest BCUT2D eigenvalue weighted by Crippen LogP contribution is 2.32. The van der Waals surface area contributed by atoms with Crippen LogP contribution in [-0.2, 0) is 0 Å². The molecule has 0 N–H and O–H groups in total. The predicted octanol–water partition coefficient (Wildman–Crippen LogP) is 2.74. The van der Waals surface area contributed by atoms with Gasteiger partial charge in [-0.3, -0.25) is 9.80 Å². The molecule has 1 aliphatic rings. The van der Waals surface area contributed by atoms with Gasteiger partial charge >= 0.3 is 6.18 Å². The van der Waals surface area contributed by atoms with Gasteiger partial charge in [0.2, 0.25) is 0 Å². The Kier molecular flexibility index (Phi) is 4.14. The van der Waals surface area contributed by atoms with E-state index in [4.69, 9.17) is 0 Å². The van der Waals surface area contributed by atoms with Gasteiger partial charge in [-0.05, 0) is 34.6 Å². The number of rotatable bonds is 1. The van der Waals surface area contributed by atoms with Gasteiger partial charge in [-0.25, -0.2) is 0 Å². The average molecular weight is 252 g/mol. The summed E-state index contributed by atoms with van der Waals surface area (Å²) in [6, 6.07) is -1.18. The van der Waals surface area contributed by atoms with Gasteiger partial charge in [0.05, 0.1) is 0 Å². The van der Waals surface area contributed by atoms with E-state index >= 15 is 0 Å². The Morgan fingerprint density at radius 2 is 1.59 bits per heavy atom. The monoisotopic (exact) mass is 252 g/mol. The van der Waals surface area contributed by atoms with Crippen LogP contribution in [0.5, 0.6) is 0 Å². The fourth-order valence-corrected chi connectivity index (χ4v) is 2.36. The molecule has 0 bridgehead atoms. The van der Waals surface area contributed by atoms with E-state index in [1.807, 2.05) is 39.5 Å². The van der Waals surface area contributed by atoms with Crippen LogP contribution in [-0.4, -0.2) is 53.2 Å². The summed E-state index contributed by atoms with van der Waals surface area (Å²) in [5.74, 6) is 0. The summed E-state index contributed by atoms with van der Waals surface area (Å²) in [6.45, 7) is 10.7. The first-order chi connectivity index (χ1) is 7.53. The lowest BCUT2D eigenvalue weighted by Crippen LogP contribution is -2.64. The molecule has 17 heavy (non-hydrogen) atoms. The second kappa shape index (κ2) is 4.76. The van der Waals surface area contributed by atoms with Crippen LogP contribution >= 0.6 is 0 Å². The summed E-state index contributed by atoms with van der Waals surface area (Å²) in [5.41, 5.74) is -0.441. The van der Waals surface area contributed by atoms with E-state index < -0.39 is 17.8 Å². The van der Waals surface area contributed by atoms with Gasteiger partial charge in [-0.15, -0.1) is 0 Å². The van der Waals surface area contributed by atoms with E-state index in [1.54, 1.807) is 4.90 Å². The molecule has 102 valence electrons. The molecule has 0 saturated carbocycles. The van der Waals surface area contributed by atoms with Gasteiger partial charge in [-0.2, -0.15) is 13.2 Å².